The van der Waals surface area contributed by atoms with Gasteiger partial charge in [0.05, 0.1) is 0 Å². The second kappa shape index (κ2) is 5.97. The zero-order valence-electron chi connectivity index (χ0n) is 11.3. The molecule has 104 valence electrons. The van der Waals surface area contributed by atoms with E-state index < -0.39 is 0 Å². The average molecular weight is 263 g/mol. The van der Waals surface area contributed by atoms with Gasteiger partial charge in [-0.2, -0.15) is 0 Å². The van der Waals surface area contributed by atoms with Gasteiger partial charge in [-0.1, -0.05) is 0 Å². The van der Waals surface area contributed by atoms with Crippen molar-refractivity contribution in [1.29, 1.82) is 5.41 Å². The predicted molar refractivity (Wildman–Crippen MR) is 74.5 cm³/mol. The molecule has 0 aliphatic carbocycles. The van der Waals surface area contributed by atoms with Crippen molar-refractivity contribution in [3.05, 3.63) is 17.5 Å². The minimum absolute atomic E-state index is 0.0394. The molecule has 6 heteroatoms. The van der Waals surface area contributed by atoms with Crippen LogP contribution in [0.1, 0.15) is 37.1 Å². The molecule has 4 N–H and O–H groups in total. The van der Waals surface area contributed by atoms with Gasteiger partial charge in [-0.25, -0.2) is 9.97 Å². The topological polar surface area (TPSA) is 99.1 Å². The maximum absolute atomic E-state index is 9.16. The number of aliphatic hydroxyl groups is 1. The van der Waals surface area contributed by atoms with Crippen molar-refractivity contribution in [1.82, 2.24) is 9.97 Å². The van der Waals surface area contributed by atoms with Crippen LogP contribution in [0.2, 0.25) is 0 Å². The molecule has 0 amide bonds. The van der Waals surface area contributed by atoms with E-state index in [2.05, 4.69) is 14.9 Å². The molecule has 1 saturated heterocycles. The SMILES string of the molecule is Cc1cc(C(=N)N)nc(N2CCCCC2CCO)n1. The molecule has 1 aliphatic heterocycles. The van der Waals surface area contributed by atoms with E-state index in [1.165, 1.54) is 6.42 Å². The van der Waals surface area contributed by atoms with Crippen LogP contribution in [0.4, 0.5) is 5.95 Å². The zero-order valence-corrected chi connectivity index (χ0v) is 11.3. The number of nitrogens with one attached hydrogen (secondary N) is 1. The number of hydrogen-bond donors (Lipinski definition) is 3. The highest BCUT2D eigenvalue weighted by Gasteiger charge is 2.24. The van der Waals surface area contributed by atoms with Gasteiger partial charge in [0.25, 0.3) is 0 Å². The number of hydrogen-bond acceptors (Lipinski definition) is 5. The molecule has 1 atom stereocenters. The molecule has 2 rings (SSSR count). The van der Waals surface area contributed by atoms with Gasteiger partial charge in [-0.15, -0.1) is 0 Å². The molecule has 0 radical (unpaired) electrons. The Bertz CT molecular complexity index is 460. The second-order valence-electron chi connectivity index (χ2n) is 4.96. The maximum atomic E-state index is 9.16. The molecule has 0 aromatic carbocycles. The monoisotopic (exact) mass is 263 g/mol. The fourth-order valence-corrected chi connectivity index (χ4v) is 2.53. The summed E-state index contributed by atoms with van der Waals surface area (Å²) in [6, 6.07) is 2.00. The van der Waals surface area contributed by atoms with Gasteiger partial charge >= 0.3 is 0 Å². The van der Waals surface area contributed by atoms with Gasteiger partial charge in [0.15, 0.2) is 0 Å². The Morgan fingerprint density at radius 1 is 1.53 bits per heavy atom. The van der Waals surface area contributed by atoms with Gasteiger partial charge in [-0.05, 0) is 38.7 Å². The van der Waals surface area contributed by atoms with Crippen LogP contribution >= 0.6 is 0 Å². The quantitative estimate of drug-likeness (QED) is 0.551. The number of piperidine rings is 1. The van der Waals surface area contributed by atoms with Crippen LogP contribution in [-0.4, -0.2) is 40.1 Å². The number of aryl methyl sites for hydroxylation is 1. The van der Waals surface area contributed by atoms with Crippen LogP contribution < -0.4 is 10.6 Å². The van der Waals surface area contributed by atoms with Crippen molar-refractivity contribution in [2.24, 2.45) is 5.73 Å². The normalized spacial score (nSPS) is 19.5. The number of nitrogen functional groups attached to an aromatic ring is 1. The number of amidine groups is 1. The molecule has 1 unspecified atom stereocenters. The highest BCUT2D eigenvalue weighted by Crippen LogP contribution is 2.24. The summed E-state index contributed by atoms with van der Waals surface area (Å²) in [7, 11) is 0. The van der Waals surface area contributed by atoms with E-state index in [1.54, 1.807) is 6.07 Å². The average Bonchev–Trinajstić information content (AvgIpc) is 2.39. The molecule has 0 bridgehead atoms. The lowest BCUT2D eigenvalue weighted by Crippen LogP contribution is -2.41. The zero-order chi connectivity index (χ0) is 13.8. The molecule has 1 fully saturated rings. The third-order valence-electron chi connectivity index (χ3n) is 3.46. The number of aromatic nitrogens is 2. The van der Waals surface area contributed by atoms with Gasteiger partial charge in [0, 0.05) is 24.9 Å². The summed E-state index contributed by atoms with van der Waals surface area (Å²) in [5.74, 6) is 0.589. The molecule has 1 aliphatic rings. The van der Waals surface area contributed by atoms with Crippen molar-refractivity contribution < 1.29 is 5.11 Å². The Morgan fingerprint density at radius 2 is 2.32 bits per heavy atom. The number of nitrogens with zero attached hydrogens (tertiary/aromatic N) is 3. The maximum Gasteiger partial charge on any atom is 0.226 e. The second-order valence-corrected chi connectivity index (χ2v) is 4.96. The minimum Gasteiger partial charge on any atom is -0.396 e. The minimum atomic E-state index is -0.0394. The summed E-state index contributed by atoms with van der Waals surface area (Å²) in [5.41, 5.74) is 6.79. The number of anilines is 1. The summed E-state index contributed by atoms with van der Waals surface area (Å²) in [5, 5.41) is 16.7. The Labute approximate surface area is 113 Å². The third kappa shape index (κ3) is 3.20. The fraction of sp³-hybridized carbons (Fsp3) is 0.615. The number of rotatable bonds is 4. The van der Waals surface area contributed by atoms with E-state index in [9.17, 15) is 0 Å². The van der Waals surface area contributed by atoms with Crippen molar-refractivity contribution >= 4 is 11.8 Å². The van der Waals surface area contributed by atoms with E-state index in [1.807, 2.05) is 6.92 Å². The van der Waals surface area contributed by atoms with E-state index >= 15 is 0 Å². The van der Waals surface area contributed by atoms with E-state index in [4.69, 9.17) is 16.2 Å². The smallest absolute Gasteiger partial charge is 0.226 e. The summed E-state index contributed by atoms with van der Waals surface area (Å²) >= 11 is 0. The van der Waals surface area contributed by atoms with E-state index in [-0.39, 0.29) is 18.5 Å². The van der Waals surface area contributed by atoms with Gasteiger partial charge in [0.2, 0.25) is 5.95 Å². The summed E-state index contributed by atoms with van der Waals surface area (Å²) in [6.45, 7) is 2.95. The Morgan fingerprint density at radius 3 is 3.00 bits per heavy atom. The lowest BCUT2D eigenvalue weighted by molar-refractivity contribution is 0.261. The Hall–Kier alpha value is -1.69. The molecule has 0 saturated carbocycles. The molecule has 1 aromatic rings. The Kier molecular flexibility index (Phi) is 4.31. The van der Waals surface area contributed by atoms with Crippen LogP contribution in [0.3, 0.4) is 0 Å². The van der Waals surface area contributed by atoms with E-state index in [0.717, 1.165) is 31.5 Å². The van der Waals surface area contributed by atoms with Crippen LogP contribution in [-0.2, 0) is 0 Å². The fourth-order valence-electron chi connectivity index (χ4n) is 2.53. The van der Waals surface area contributed by atoms with Crippen LogP contribution in [0, 0.1) is 12.3 Å². The lowest BCUT2D eigenvalue weighted by Gasteiger charge is -2.35. The first-order valence-electron chi connectivity index (χ1n) is 6.69. The van der Waals surface area contributed by atoms with Crippen molar-refractivity contribution in [3.63, 3.8) is 0 Å². The van der Waals surface area contributed by atoms with Crippen molar-refractivity contribution in [2.75, 3.05) is 18.1 Å². The van der Waals surface area contributed by atoms with Gasteiger partial charge in [-0.3, -0.25) is 5.41 Å². The Balaban J connectivity index is 2.30. The molecular formula is C13H21N5O. The molecule has 19 heavy (non-hydrogen) atoms. The molecule has 6 nitrogen and oxygen atoms in total. The standard InChI is InChI=1S/C13H21N5O/c1-9-8-11(12(14)15)17-13(16-9)18-6-3-2-4-10(18)5-7-19/h8,10,19H,2-7H2,1H3,(H3,14,15). The summed E-state index contributed by atoms with van der Waals surface area (Å²) < 4.78 is 0. The number of nitrogens with two attached hydrogens (primary N) is 1. The molecular weight excluding hydrogens is 242 g/mol. The molecule has 0 spiro atoms. The van der Waals surface area contributed by atoms with Gasteiger partial charge < -0.3 is 15.7 Å². The van der Waals surface area contributed by atoms with E-state index in [0.29, 0.717) is 11.6 Å². The van der Waals surface area contributed by atoms with Crippen LogP contribution in [0.5, 0.6) is 0 Å². The number of aliphatic hydroxyl groups excluding tert-OH is 1. The highest BCUT2D eigenvalue weighted by molar-refractivity contribution is 5.93. The first kappa shape index (κ1) is 13.7. The third-order valence-corrected chi connectivity index (χ3v) is 3.46. The van der Waals surface area contributed by atoms with Crippen molar-refractivity contribution in [3.8, 4) is 0 Å². The lowest BCUT2D eigenvalue weighted by atomic mass is 10.00. The molecule has 2 heterocycles. The van der Waals surface area contributed by atoms with Crippen molar-refractivity contribution in [2.45, 2.75) is 38.6 Å². The van der Waals surface area contributed by atoms with Gasteiger partial charge in [0.1, 0.15) is 11.5 Å². The summed E-state index contributed by atoms with van der Waals surface area (Å²) in [4.78, 5) is 11.0. The van der Waals surface area contributed by atoms with Crippen LogP contribution in [0.25, 0.3) is 0 Å². The summed E-state index contributed by atoms with van der Waals surface area (Å²) in [6.07, 6.45) is 4.06. The molecule has 1 aromatic heterocycles. The largest absolute Gasteiger partial charge is 0.396 e. The predicted octanol–water partition coefficient (Wildman–Crippen LogP) is 0.810. The first-order valence-corrected chi connectivity index (χ1v) is 6.69. The van der Waals surface area contributed by atoms with Crippen LogP contribution in [0.15, 0.2) is 6.07 Å². The first-order chi connectivity index (χ1) is 9.11. The highest BCUT2D eigenvalue weighted by atomic mass is 16.3.